The summed E-state index contributed by atoms with van der Waals surface area (Å²) in [6, 6.07) is 12.0. The Morgan fingerprint density at radius 2 is 1.42 bits per heavy atom. The van der Waals surface area contributed by atoms with Gasteiger partial charge in [0.1, 0.15) is 12.7 Å². The lowest BCUT2D eigenvalue weighted by atomic mass is 10.4. The molecule has 64 valence electrons. The van der Waals surface area contributed by atoms with Gasteiger partial charge in [0.05, 0.1) is 0 Å². The van der Waals surface area contributed by atoms with Crippen molar-refractivity contribution in [1.29, 1.82) is 0 Å². The molecule has 0 bridgehead atoms. The van der Waals surface area contributed by atoms with Crippen LogP contribution in [0.1, 0.15) is 6.42 Å². The van der Waals surface area contributed by atoms with Crippen LogP contribution in [0.4, 0.5) is 0 Å². The molecule has 0 aliphatic heterocycles. The van der Waals surface area contributed by atoms with Crippen molar-refractivity contribution in [3.05, 3.63) is 36.4 Å². The lowest BCUT2D eigenvalue weighted by Crippen LogP contribution is -1.92. The van der Waals surface area contributed by atoms with Gasteiger partial charge in [-0.1, -0.05) is 36.4 Å². The maximum absolute atomic E-state index is 9.37. The monoisotopic (exact) mass is 166 g/mol. The van der Waals surface area contributed by atoms with Crippen molar-refractivity contribution >= 4 is 12.3 Å². The Balaban J connectivity index is 0.000000202. The average Bonchev–Trinajstić information content (AvgIpc) is 2.08. The predicted molar refractivity (Wildman–Crippen MR) is 44.8 cm³/mol. The van der Waals surface area contributed by atoms with Gasteiger partial charge in [-0.15, -0.1) is 0 Å². The molecule has 0 amide bonds. The Morgan fingerprint density at radius 3 is 1.50 bits per heavy atom. The van der Waals surface area contributed by atoms with Crippen molar-refractivity contribution in [2.75, 3.05) is 0 Å². The van der Waals surface area contributed by atoms with Crippen LogP contribution in [-0.4, -0.2) is 17.4 Å². The molecule has 1 aromatic carbocycles. The van der Waals surface area contributed by atoms with Gasteiger partial charge in [-0.2, -0.15) is 0 Å². The molecular formula is C9H10O3. The molecule has 1 N–H and O–H groups in total. The van der Waals surface area contributed by atoms with Crippen LogP contribution in [-0.2, 0) is 9.59 Å². The van der Waals surface area contributed by atoms with Crippen molar-refractivity contribution < 1.29 is 14.7 Å². The third-order valence-electron chi connectivity index (χ3n) is 0.925. The molecule has 0 fully saturated rings. The number of hydrogen-bond acceptors (Lipinski definition) is 2. The van der Waals surface area contributed by atoms with E-state index in [4.69, 9.17) is 5.11 Å². The summed E-state index contributed by atoms with van der Waals surface area (Å²) in [6.07, 6.45) is -0.0394. The maximum atomic E-state index is 9.37. The number of hydrogen-bond donors (Lipinski definition) is 1. The van der Waals surface area contributed by atoms with E-state index in [1.807, 2.05) is 36.4 Å². The molecule has 0 aliphatic carbocycles. The quantitative estimate of drug-likeness (QED) is 0.533. The normalized spacial score (nSPS) is 7.67. The molecular weight excluding hydrogens is 156 g/mol. The van der Waals surface area contributed by atoms with Crippen LogP contribution in [0.15, 0.2) is 36.4 Å². The summed E-state index contributed by atoms with van der Waals surface area (Å²) in [4.78, 5) is 18.6. The van der Waals surface area contributed by atoms with E-state index in [1.165, 1.54) is 0 Å². The van der Waals surface area contributed by atoms with E-state index < -0.39 is 5.97 Å². The van der Waals surface area contributed by atoms with Crippen molar-refractivity contribution in [2.24, 2.45) is 0 Å². The van der Waals surface area contributed by atoms with Gasteiger partial charge >= 0.3 is 5.97 Å². The second kappa shape index (κ2) is 7.47. The Morgan fingerprint density at radius 1 is 1.08 bits per heavy atom. The van der Waals surface area contributed by atoms with Crippen molar-refractivity contribution in [1.82, 2.24) is 0 Å². The first kappa shape index (κ1) is 10.4. The molecule has 3 heteroatoms. The molecule has 3 nitrogen and oxygen atoms in total. The number of aliphatic carboxylic acids is 1. The standard InChI is InChI=1S/C6H6.C3H4O3/c1-2-4-6-5-3-1;4-2-1-3(5)6/h1-6H;2H,1H2,(H,5,6). The second-order valence-electron chi connectivity index (χ2n) is 1.92. The summed E-state index contributed by atoms with van der Waals surface area (Å²) < 4.78 is 0. The molecule has 12 heavy (non-hydrogen) atoms. The van der Waals surface area contributed by atoms with E-state index >= 15 is 0 Å². The van der Waals surface area contributed by atoms with E-state index in [-0.39, 0.29) is 6.42 Å². The Hall–Kier alpha value is -1.64. The van der Waals surface area contributed by atoms with Gasteiger partial charge in [0, 0.05) is 0 Å². The number of carboxylic acids is 1. The van der Waals surface area contributed by atoms with Gasteiger partial charge in [0.2, 0.25) is 0 Å². The van der Waals surface area contributed by atoms with Gasteiger partial charge in [-0.25, -0.2) is 0 Å². The van der Waals surface area contributed by atoms with Crippen molar-refractivity contribution in [3.8, 4) is 0 Å². The highest BCUT2D eigenvalue weighted by atomic mass is 16.4. The molecule has 1 rings (SSSR count). The summed E-state index contributed by atoms with van der Waals surface area (Å²) in [5.74, 6) is -1.08. The lowest BCUT2D eigenvalue weighted by molar-refractivity contribution is -0.138. The number of carboxylic acid groups (broad SMARTS) is 1. The second-order valence-corrected chi connectivity index (χ2v) is 1.92. The topological polar surface area (TPSA) is 54.4 Å². The Kier molecular flexibility index (Phi) is 6.45. The fourth-order valence-electron chi connectivity index (χ4n) is 0.456. The van der Waals surface area contributed by atoms with Crippen LogP contribution in [0.3, 0.4) is 0 Å². The van der Waals surface area contributed by atoms with E-state index in [0.29, 0.717) is 6.29 Å². The highest BCUT2D eigenvalue weighted by Gasteiger charge is 1.87. The summed E-state index contributed by atoms with van der Waals surface area (Å²) in [6.45, 7) is 0. The van der Waals surface area contributed by atoms with Crippen LogP contribution >= 0.6 is 0 Å². The van der Waals surface area contributed by atoms with E-state index in [1.54, 1.807) is 0 Å². The molecule has 1 aromatic rings. The molecule has 0 heterocycles. The maximum Gasteiger partial charge on any atom is 0.310 e. The number of benzene rings is 1. The highest BCUT2D eigenvalue weighted by molar-refractivity contribution is 5.81. The van der Waals surface area contributed by atoms with Crippen molar-refractivity contribution in [3.63, 3.8) is 0 Å². The molecule has 0 saturated heterocycles. The van der Waals surface area contributed by atoms with E-state index in [2.05, 4.69) is 0 Å². The fraction of sp³-hybridized carbons (Fsp3) is 0.111. The molecule has 0 saturated carbocycles. The fourth-order valence-corrected chi connectivity index (χ4v) is 0.456. The third kappa shape index (κ3) is 8.36. The van der Waals surface area contributed by atoms with E-state index in [9.17, 15) is 9.59 Å². The predicted octanol–water partition coefficient (Wildman–Crippen LogP) is 1.35. The zero-order chi connectivity index (χ0) is 9.23. The average molecular weight is 166 g/mol. The van der Waals surface area contributed by atoms with Crippen LogP contribution in [0.25, 0.3) is 0 Å². The number of rotatable bonds is 2. The first-order chi connectivity index (χ1) is 5.77. The Labute approximate surface area is 70.6 Å². The van der Waals surface area contributed by atoms with Crippen LogP contribution in [0.5, 0.6) is 0 Å². The van der Waals surface area contributed by atoms with Gasteiger partial charge in [-0.05, 0) is 0 Å². The van der Waals surface area contributed by atoms with Gasteiger partial charge in [0.25, 0.3) is 0 Å². The van der Waals surface area contributed by atoms with Gasteiger partial charge in [-0.3, -0.25) is 4.79 Å². The smallest absolute Gasteiger partial charge is 0.310 e. The van der Waals surface area contributed by atoms with Gasteiger partial charge < -0.3 is 9.90 Å². The minimum absolute atomic E-state index is 0.350. The zero-order valence-corrected chi connectivity index (χ0v) is 6.51. The number of carbonyl (C=O) groups excluding carboxylic acids is 1. The highest BCUT2D eigenvalue weighted by Crippen LogP contribution is 1.79. The van der Waals surface area contributed by atoms with E-state index in [0.717, 1.165) is 0 Å². The molecule has 0 spiro atoms. The summed E-state index contributed by atoms with van der Waals surface area (Å²) >= 11 is 0. The largest absolute Gasteiger partial charge is 0.481 e. The zero-order valence-electron chi connectivity index (χ0n) is 6.51. The molecule has 0 aromatic heterocycles. The minimum atomic E-state index is -1.08. The lowest BCUT2D eigenvalue weighted by Gasteiger charge is -1.71. The first-order valence-corrected chi connectivity index (χ1v) is 3.43. The van der Waals surface area contributed by atoms with Crippen molar-refractivity contribution in [2.45, 2.75) is 6.42 Å². The molecule has 0 atom stereocenters. The SMILES string of the molecule is O=CCC(=O)O.c1ccccc1. The van der Waals surface area contributed by atoms with Crippen LogP contribution < -0.4 is 0 Å². The summed E-state index contributed by atoms with van der Waals surface area (Å²) in [5, 5.41) is 7.68. The number of aldehydes is 1. The summed E-state index contributed by atoms with van der Waals surface area (Å²) in [7, 11) is 0. The van der Waals surface area contributed by atoms with Crippen LogP contribution in [0.2, 0.25) is 0 Å². The molecule has 0 aliphatic rings. The minimum Gasteiger partial charge on any atom is -0.481 e. The Bertz CT molecular complexity index is 192. The summed E-state index contributed by atoms with van der Waals surface area (Å²) in [5.41, 5.74) is 0. The third-order valence-corrected chi connectivity index (χ3v) is 0.925. The van der Waals surface area contributed by atoms with Gasteiger partial charge in [0.15, 0.2) is 0 Å². The number of carbonyl (C=O) groups is 2. The first-order valence-electron chi connectivity index (χ1n) is 3.43. The molecule has 0 unspecified atom stereocenters. The molecule has 0 radical (unpaired) electrons. The van der Waals surface area contributed by atoms with Crippen LogP contribution in [0, 0.1) is 0 Å².